The molecule has 0 unspecified atom stereocenters. The van der Waals surface area contributed by atoms with Crippen LogP contribution in [0.3, 0.4) is 0 Å². The van der Waals surface area contributed by atoms with Crippen LogP contribution in [0.25, 0.3) is 5.52 Å². The van der Waals surface area contributed by atoms with E-state index in [9.17, 15) is 26.7 Å². The van der Waals surface area contributed by atoms with Crippen molar-refractivity contribution in [3.8, 4) is 0 Å². The number of halogens is 6. The Kier molecular flexibility index (Phi) is 6.09. The quantitative estimate of drug-likeness (QED) is 0.349. The fraction of sp³-hybridized carbons (Fsp3) is 0.545. The van der Waals surface area contributed by atoms with E-state index in [2.05, 4.69) is 35.7 Å². The van der Waals surface area contributed by atoms with E-state index in [1.807, 2.05) is 0 Å². The number of aromatic nitrogens is 5. The van der Waals surface area contributed by atoms with Crippen molar-refractivity contribution in [2.24, 2.45) is 5.92 Å². The number of carbonyl (C=O) groups excluding carboxylic acids is 1. The molecule has 210 valence electrons. The molecule has 7 rings (SSSR count). The first-order chi connectivity index (χ1) is 18.5. The van der Waals surface area contributed by atoms with Crippen molar-refractivity contribution in [2.75, 3.05) is 11.9 Å². The van der Waals surface area contributed by atoms with Crippen molar-refractivity contribution in [3.05, 3.63) is 35.4 Å². The highest BCUT2D eigenvalue weighted by Gasteiger charge is 2.58. The van der Waals surface area contributed by atoms with Crippen molar-refractivity contribution >= 4 is 23.2 Å². The topological polar surface area (TPSA) is 128 Å². The Morgan fingerprint density at radius 2 is 2.05 bits per heavy atom. The Bertz CT molecular complexity index is 1380. The molecule has 0 radical (unpaired) electrons. The van der Waals surface area contributed by atoms with Gasteiger partial charge in [-0.15, -0.1) is 13.2 Å². The highest BCUT2D eigenvalue weighted by Crippen LogP contribution is 2.57. The number of aromatic amines is 1. The molecule has 1 aliphatic heterocycles. The number of nitrogens with zero attached hydrogens (tertiary/aromatic N) is 4. The van der Waals surface area contributed by atoms with Crippen LogP contribution < -0.4 is 10.6 Å². The summed E-state index contributed by atoms with van der Waals surface area (Å²) in [5, 5.41) is 15.9. The number of H-pyrrole nitrogens is 1. The molecular weight excluding hydrogens is 540 g/mol. The smallest absolute Gasteiger partial charge is 0.441 e. The van der Waals surface area contributed by atoms with Gasteiger partial charge in [-0.3, -0.25) is 9.84 Å². The van der Waals surface area contributed by atoms with E-state index in [1.54, 1.807) is 0 Å². The first-order valence-electron chi connectivity index (χ1n) is 11.9. The van der Waals surface area contributed by atoms with Gasteiger partial charge in [0.05, 0.1) is 24.2 Å². The molecule has 3 saturated carbocycles. The van der Waals surface area contributed by atoms with Crippen molar-refractivity contribution < 1.29 is 45.3 Å². The van der Waals surface area contributed by atoms with Gasteiger partial charge in [0, 0.05) is 11.6 Å². The van der Waals surface area contributed by atoms with Crippen LogP contribution in [0, 0.1) is 5.92 Å². The summed E-state index contributed by atoms with van der Waals surface area (Å²) in [7, 11) is 0. The highest BCUT2D eigenvalue weighted by molar-refractivity contribution is 5.72. The minimum atomic E-state index is -4.91. The molecule has 3 N–H and O–H groups in total. The van der Waals surface area contributed by atoms with Crippen LogP contribution in [-0.2, 0) is 20.8 Å². The fourth-order valence-corrected chi connectivity index (χ4v) is 5.10. The van der Waals surface area contributed by atoms with Crippen LogP contribution in [0.5, 0.6) is 0 Å². The molecule has 3 aromatic rings. The van der Waals surface area contributed by atoms with Gasteiger partial charge in [-0.2, -0.15) is 10.2 Å². The zero-order chi connectivity index (χ0) is 27.5. The number of ether oxygens (including phenoxy) is 3. The van der Waals surface area contributed by atoms with Crippen LogP contribution >= 0.6 is 0 Å². The number of fused-ring (bicyclic) bond motifs is 1. The molecule has 3 aromatic heterocycles. The van der Waals surface area contributed by atoms with E-state index >= 15 is 4.39 Å². The van der Waals surface area contributed by atoms with E-state index in [1.165, 1.54) is 12.1 Å². The van der Waals surface area contributed by atoms with Gasteiger partial charge in [-0.25, -0.2) is 27.5 Å². The normalized spacial score (nSPS) is 27.9. The van der Waals surface area contributed by atoms with Gasteiger partial charge in [0.2, 0.25) is 0 Å². The summed E-state index contributed by atoms with van der Waals surface area (Å²) in [6, 6.07) is 2.53. The average molecular weight is 561 g/mol. The predicted molar refractivity (Wildman–Crippen MR) is 118 cm³/mol. The lowest BCUT2D eigenvalue weighted by Crippen LogP contribution is -2.68. The number of alkyl halides is 6. The van der Waals surface area contributed by atoms with Crippen molar-refractivity contribution in [2.45, 2.75) is 62.6 Å². The van der Waals surface area contributed by atoms with E-state index in [0.717, 1.165) is 30.0 Å². The largest absolute Gasteiger partial charge is 0.522 e. The van der Waals surface area contributed by atoms with E-state index in [4.69, 9.17) is 9.47 Å². The summed E-state index contributed by atoms with van der Waals surface area (Å²) in [6.45, 7) is -1.13. The maximum Gasteiger partial charge on any atom is 0.522 e. The van der Waals surface area contributed by atoms with Gasteiger partial charge < -0.3 is 20.1 Å². The summed E-state index contributed by atoms with van der Waals surface area (Å²) in [6.07, 6.45) is -9.04. The lowest BCUT2D eigenvalue weighted by atomic mass is 9.50. The molecule has 2 bridgehead atoms. The Balaban J connectivity index is 1.15. The van der Waals surface area contributed by atoms with Gasteiger partial charge in [0.15, 0.2) is 23.9 Å². The Morgan fingerprint density at radius 1 is 1.28 bits per heavy atom. The van der Waals surface area contributed by atoms with E-state index < -0.39 is 49.6 Å². The summed E-state index contributed by atoms with van der Waals surface area (Å²) < 4.78 is 94.5. The van der Waals surface area contributed by atoms with Gasteiger partial charge in [-0.05, 0) is 31.2 Å². The first kappa shape index (κ1) is 25.7. The minimum Gasteiger partial charge on any atom is -0.441 e. The average Bonchev–Trinajstić information content (AvgIpc) is 3.53. The molecule has 3 atom stereocenters. The number of nitrogens with one attached hydrogen (secondary N) is 3. The van der Waals surface area contributed by atoms with Crippen LogP contribution in [-0.4, -0.2) is 61.7 Å². The second kappa shape index (κ2) is 9.25. The number of amides is 1. The Hall–Kier alpha value is -3.60. The monoisotopic (exact) mass is 561 g/mol. The summed E-state index contributed by atoms with van der Waals surface area (Å²) in [5.41, 5.74) is -0.876. The third kappa shape index (κ3) is 5.07. The molecule has 4 fully saturated rings. The standard InChI is InChI=1S/C22H21F6N7O4/c23-16-14(39-20(36)31-21-3-9(4-21)5-21)8-37-17(16)11-2-15(33-32-11)30-19-13-1-10(7-38-22(26,27)28)34-35(13)6-12(29-19)18(24)25/h1-2,6,9,14,16-18H,3-5,7-8H2,(H,31,36)(H2,29,30,32,33)/t9?,14-,16-,17-,21?/m1/s1. The van der Waals surface area contributed by atoms with E-state index in [0.29, 0.717) is 5.92 Å². The summed E-state index contributed by atoms with van der Waals surface area (Å²) in [4.78, 5) is 16.0. The second-order valence-corrected chi connectivity index (χ2v) is 9.87. The number of rotatable bonds is 8. The molecule has 1 amide bonds. The van der Waals surface area contributed by atoms with Crippen molar-refractivity contribution in [1.82, 2.24) is 30.1 Å². The SMILES string of the molecule is O=C(NC12CC(C1)C2)O[C@@H]1CO[C@H](c2cc(Nc3nc(C(F)F)cn4nc(COC(F)(F)F)cc34)n[nH]2)[C@@H]1F. The fourth-order valence-electron chi connectivity index (χ4n) is 5.10. The van der Waals surface area contributed by atoms with Crippen LogP contribution in [0.2, 0.25) is 0 Å². The van der Waals surface area contributed by atoms with Gasteiger partial charge in [-0.1, -0.05) is 0 Å². The predicted octanol–water partition coefficient (Wildman–Crippen LogP) is 4.23. The molecule has 39 heavy (non-hydrogen) atoms. The third-order valence-electron chi connectivity index (χ3n) is 7.03. The zero-order valence-electron chi connectivity index (χ0n) is 19.8. The van der Waals surface area contributed by atoms with E-state index in [-0.39, 0.29) is 40.7 Å². The molecule has 0 spiro atoms. The van der Waals surface area contributed by atoms with Gasteiger partial charge >= 0.3 is 12.5 Å². The molecule has 0 aromatic carbocycles. The third-order valence-corrected chi connectivity index (χ3v) is 7.03. The molecular formula is C22H21F6N7O4. The van der Waals surface area contributed by atoms with Gasteiger partial charge in [0.1, 0.15) is 23.9 Å². The minimum absolute atomic E-state index is 0.0293. The highest BCUT2D eigenvalue weighted by atomic mass is 19.4. The number of hydrogen-bond acceptors (Lipinski definition) is 8. The summed E-state index contributed by atoms with van der Waals surface area (Å²) in [5.74, 6) is 0.485. The number of alkyl carbamates (subject to hydrolysis) is 1. The van der Waals surface area contributed by atoms with Crippen molar-refractivity contribution in [1.29, 1.82) is 0 Å². The second-order valence-electron chi connectivity index (χ2n) is 9.87. The Morgan fingerprint density at radius 3 is 2.72 bits per heavy atom. The zero-order valence-corrected chi connectivity index (χ0v) is 19.8. The molecule has 4 aliphatic rings. The molecule has 3 aliphatic carbocycles. The number of hydrogen-bond donors (Lipinski definition) is 3. The molecule has 1 saturated heterocycles. The van der Waals surface area contributed by atoms with Crippen LogP contribution in [0.1, 0.15) is 48.9 Å². The molecule has 11 nitrogen and oxygen atoms in total. The molecule has 4 heterocycles. The molecule has 17 heteroatoms. The first-order valence-corrected chi connectivity index (χ1v) is 11.9. The summed E-state index contributed by atoms with van der Waals surface area (Å²) >= 11 is 0. The van der Waals surface area contributed by atoms with Gasteiger partial charge in [0.25, 0.3) is 6.43 Å². The Labute approximate surface area is 215 Å². The lowest BCUT2D eigenvalue weighted by Gasteiger charge is -2.61. The van der Waals surface area contributed by atoms with Crippen LogP contribution in [0.15, 0.2) is 18.3 Å². The van der Waals surface area contributed by atoms with Crippen molar-refractivity contribution in [3.63, 3.8) is 0 Å². The lowest BCUT2D eigenvalue weighted by molar-refractivity contribution is -0.330. The number of carbonyl (C=O) groups is 1. The number of anilines is 2. The van der Waals surface area contributed by atoms with Crippen LogP contribution in [0.4, 0.5) is 42.8 Å². The maximum absolute atomic E-state index is 15.1. The maximum atomic E-state index is 15.1.